The van der Waals surface area contributed by atoms with Crippen LogP contribution in [0.4, 0.5) is 5.69 Å². The SMILES string of the molecule is Nc1cccc(C(=O)NC2CNC(=O)C2)c1Cl. The first kappa shape index (κ1) is 11.7. The van der Waals surface area contributed by atoms with Crippen molar-refractivity contribution in [3.63, 3.8) is 0 Å². The number of carbonyl (C=O) groups excluding carboxylic acids is 2. The Morgan fingerprint density at radius 2 is 2.29 bits per heavy atom. The fourth-order valence-electron chi connectivity index (χ4n) is 1.70. The maximum atomic E-state index is 11.9. The molecule has 0 aliphatic carbocycles. The number of rotatable bonds is 2. The van der Waals surface area contributed by atoms with E-state index in [1.54, 1.807) is 18.2 Å². The summed E-state index contributed by atoms with van der Waals surface area (Å²) >= 11 is 5.93. The molecule has 1 heterocycles. The molecule has 4 N–H and O–H groups in total. The van der Waals surface area contributed by atoms with Gasteiger partial charge in [0.25, 0.3) is 5.91 Å². The van der Waals surface area contributed by atoms with E-state index in [-0.39, 0.29) is 22.9 Å². The van der Waals surface area contributed by atoms with Crippen LogP contribution in [-0.4, -0.2) is 24.4 Å². The van der Waals surface area contributed by atoms with E-state index in [0.717, 1.165) is 0 Å². The Morgan fingerprint density at radius 1 is 1.53 bits per heavy atom. The van der Waals surface area contributed by atoms with E-state index in [4.69, 9.17) is 17.3 Å². The molecule has 1 saturated heterocycles. The summed E-state index contributed by atoms with van der Waals surface area (Å²) in [6.45, 7) is 0.449. The van der Waals surface area contributed by atoms with Gasteiger partial charge in [-0.3, -0.25) is 9.59 Å². The number of hydrogen-bond acceptors (Lipinski definition) is 3. The van der Waals surface area contributed by atoms with Gasteiger partial charge in [-0.05, 0) is 12.1 Å². The summed E-state index contributed by atoms with van der Waals surface area (Å²) in [7, 11) is 0. The molecule has 0 bridgehead atoms. The van der Waals surface area contributed by atoms with Crippen LogP contribution >= 0.6 is 11.6 Å². The zero-order chi connectivity index (χ0) is 12.4. The molecule has 1 aliphatic heterocycles. The predicted molar refractivity (Wildman–Crippen MR) is 64.7 cm³/mol. The summed E-state index contributed by atoms with van der Waals surface area (Å²) in [4.78, 5) is 22.9. The highest BCUT2D eigenvalue weighted by Crippen LogP contribution is 2.23. The number of hydrogen-bond donors (Lipinski definition) is 3. The molecule has 6 heteroatoms. The number of benzene rings is 1. The Hall–Kier alpha value is -1.75. The number of anilines is 1. The second kappa shape index (κ2) is 4.63. The quantitative estimate of drug-likeness (QED) is 0.673. The van der Waals surface area contributed by atoms with E-state index in [0.29, 0.717) is 24.2 Å². The van der Waals surface area contributed by atoms with Gasteiger partial charge in [0.05, 0.1) is 22.3 Å². The van der Waals surface area contributed by atoms with Crippen molar-refractivity contribution in [2.24, 2.45) is 0 Å². The van der Waals surface area contributed by atoms with Gasteiger partial charge in [0, 0.05) is 13.0 Å². The molecule has 1 aliphatic rings. The summed E-state index contributed by atoms with van der Waals surface area (Å²) in [5.74, 6) is -0.377. The Bertz CT molecular complexity index is 476. The molecule has 0 saturated carbocycles. The lowest BCUT2D eigenvalue weighted by Gasteiger charge is -2.11. The van der Waals surface area contributed by atoms with Crippen LogP contribution in [-0.2, 0) is 4.79 Å². The van der Waals surface area contributed by atoms with Crippen LogP contribution < -0.4 is 16.4 Å². The van der Waals surface area contributed by atoms with Crippen LogP contribution in [0.5, 0.6) is 0 Å². The minimum atomic E-state index is -0.316. The minimum Gasteiger partial charge on any atom is -0.398 e. The van der Waals surface area contributed by atoms with Gasteiger partial charge in [0.15, 0.2) is 0 Å². The molecule has 0 spiro atoms. The summed E-state index contributed by atoms with van der Waals surface area (Å²) in [5, 5.41) is 5.61. The third kappa shape index (κ3) is 2.50. The van der Waals surface area contributed by atoms with Crippen molar-refractivity contribution in [3.05, 3.63) is 28.8 Å². The van der Waals surface area contributed by atoms with Gasteiger partial charge in [-0.25, -0.2) is 0 Å². The van der Waals surface area contributed by atoms with Crippen molar-refractivity contribution in [2.75, 3.05) is 12.3 Å². The lowest BCUT2D eigenvalue weighted by Crippen LogP contribution is -2.36. The zero-order valence-corrected chi connectivity index (χ0v) is 9.75. The van der Waals surface area contributed by atoms with Gasteiger partial charge in [-0.15, -0.1) is 0 Å². The minimum absolute atomic E-state index is 0.0611. The van der Waals surface area contributed by atoms with Gasteiger partial charge in [-0.1, -0.05) is 17.7 Å². The Morgan fingerprint density at radius 3 is 2.94 bits per heavy atom. The van der Waals surface area contributed by atoms with Crippen LogP contribution in [0.15, 0.2) is 18.2 Å². The maximum Gasteiger partial charge on any atom is 0.253 e. The van der Waals surface area contributed by atoms with Gasteiger partial charge in [0.1, 0.15) is 0 Å². The maximum absolute atomic E-state index is 11.9. The fraction of sp³-hybridized carbons (Fsp3) is 0.273. The topological polar surface area (TPSA) is 84.2 Å². The van der Waals surface area contributed by atoms with E-state index in [1.807, 2.05) is 0 Å². The number of nitrogen functional groups attached to an aromatic ring is 1. The monoisotopic (exact) mass is 253 g/mol. The number of halogens is 1. The Kier molecular flexibility index (Phi) is 3.19. The average Bonchev–Trinajstić information content (AvgIpc) is 2.68. The normalized spacial score (nSPS) is 18.9. The number of nitrogens with one attached hydrogen (secondary N) is 2. The van der Waals surface area contributed by atoms with E-state index in [2.05, 4.69) is 10.6 Å². The van der Waals surface area contributed by atoms with Crippen LogP contribution in [0, 0.1) is 0 Å². The molecule has 90 valence electrons. The van der Waals surface area contributed by atoms with E-state index in [1.165, 1.54) is 0 Å². The summed E-state index contributed by atoms with van der Waals surface area (Å²) in [6.07, 6.45) is 0.297. The molecule has 1 aromatic carbocycles. The highest BCUT2D eigenvalue weighted by atomic mass is 35.5. The first-order chi connectivity index (χ1) is 8.08. The largest absolute Gasteiger partial charge is 0.398 e. The van der Waals surface area contributed by atoms with E-state index in [9.17, 15) is 9.59 Å². The van der Waals surface area contributed by atoms with Crippen molar-refractivity contribution in [2.45, 2.75) is 12.5 Å². The smallest absolute Gasteiger partial charge is 0.253 e. The molecule has 2 rings (SSSR count). The van der Waals surface area contributed by atoms with Crippen molar-refractivity contribution in [1.82, 2.24) is 10.6 Å². The molecule has 0 aromatic heterocycles. The third-order valence-corrected chi connectivity index (χ3v) is 3.01. The highest BCUT2D eigenvalue weighted by Gasteiger charge is 2.24. The predicted octanol–water partition coefficient (Wildman–Crippen LogP) is 0.540. The van der Waals surface area contributed by atoms with Crippen LogP contribution in [0.2, 0.25) is 5.02 Å². The molecule has 17 heavy (non-hydrogen) atoms. The van der Waals surface area contributed by atoms with E-state index >= 15 is 0 Å². The summed E-state index contributed by atoms with van der Waals surface area (Å²) in [6, 6.07) is 4.69. The standard InChI is InChI=1S/C11H12ClN3O2/c12-10-7(2-1-3-8(10)13)11(17)15-6-4-9(16)14-5-6/h1-3,6H,4-5,13H2,(H,14,16)(H,15,17). The second-order valence-electron chi connectivity index (χ2n) is 3.89. The Balaban J connectivity index is 2.09. The first-order valence-corrected chi connectivity index (χ1v) is 5.57. The molecule has 0 radical (unpaired) electrons. The summed E-state index contributed by atoms with van der Waals surface area (Å²) < 4.78 is 0. The average molecular weight is 254 g/mol. The number of amides is 2. The molecule has 1 atom stereocenters. The van der Waals surface area contributed by atoms with E-state index < -0.39 is 0 Å². The highest BCUT2D eigenvalue weighted by molar-refractivity contribution is 6.36. The molecular formula is C11H12ClN3O2. The molecular weight excluding hydrogens is 242 g/mol. The van der Waals surface area contributed by atoms with Crippen LogP contribution in [0.3, 0.4) is 0 Å². The van der Waals surface area contributed by atoms with Crippen molar-refractivity contribution in [1.29, 1.82) is 0 Å². The third-order valence-electron chi connectivity index (χ3n) is 2.59. The number of carbonyl (C=O) groups is 2. The van der Waals surface area contributed by atoms with Crippen LogP contribution in [0.25, 0.3) is 0 Å². The number of nitrogens with two attached hydrogens (primary N) is 1. The zero-order valence-electron chi connectivity index (χ0n) is 9.00. The molecule has 1 aromatic rings. The lowest BCUT2D eigenvalue weighted by molar-refractivity contribution is -0.119. The second-order valence-corrected chi connectivity index (χ2v) is 4.27. The van der Waals surface area contributed by atoms with Crippen molar-refractivity contribution < 1.29 is 9.59 Å². The van der Waals surface area contributed by atoms with Crippen LogP contribution in [0.1, 0.15) is 16.8 Å². The van der Waals surface area contributed by atoms with Gasteiger partial charge in [-0.2, -0.15) is 0 Å². The van der Waals surface area contributed by atoms with Gasteiger partial charge >= 0.3 is 0 Å². The molecule has 2 amide bonds. The summed E-state index contributed by atoms with van der Waals surface area (Å²) in [5.41, 5.74) is 6.30. The van der Waals surface area contributed by atoms with Crippen molar-refractivity contribution in [3.8, 4) is 0 Å². The molecule has 1 unspecified atom stereocenters. The van der Waals surface area contributed by atoms with Gasteiger partial charge < -0.3 is 16.4 Å². The van der Waals surface area contributed by atoms with Gasteiger partial charge in [0.2, 0.25) is 5.91 Å². The fourth-order valence-corrected chi connectivity index (χ4v) is 1.91. The van der Waals surface area contributed by atoms with Crippen molar-refractivity contribution >= 4 is 29.1 Å². The first-order valence-electron chi connectivity index (χ1n) is 5.19. The lowest BCUT2D eigenvalue weighted by atomic mass is 10.1. The molecule has 1 fully saturated rings. The molecule has 5 nitrogen and oxygen atoms in total. The Labute approximate surface area is 103 Å².